The van der Waals surface area contributed by atoms with E-state index < -0.39 is 24.5 Å². The summed E-state index contributed by atoms with van der Waals surface area (Å²) in [6.07, 6.45) is 3.60. The fourth-order valence-electron chi connectivity index (χ4n) is 1.14. The smallest absolute Gasteiger partial charge is 0.340 e. The van der Waals surface area contributed by atoms with Crippen LogP contribution in [0.3, 0.4) is 0 Å². The first kappa shape index (κ1) is 14.6. The van der Waals surface area contributed by atoms with Gasteiger partial charge in [-0.15, -0.1) is 0 Å². The van der Waals surface area contributed by atoms with Gasteiger partial charge in [-0.2, -0.15) is 0 Å². The van der Waals surface area contributed by atoms with Crippen molar-refractivity contribution in [1.29, 1.82) is 0 Å². The van der Waals surface area contributed by atoms with E-state index in [1.54, 1.807) is 6.07 Å². The standard InChI is InChI=1S/C12H15N3O4/c1-2-5-14-12(18)15-10(16)8-19-11(17)9-4-3-6-13-7-9/h3-4,6-7H,2,5,8H2,1H3,(H2,14,15,16,18). The van der Waals surface area contributed by atoms with Crippen LogP contribution in [0.2, 0.25) is 0 Å². The van der Waals surface area contributed by atoms with Crippen LogP contribution in [0.1, 0.15) is 23.7 Å². The van der Waals surface area contributed by atoms with Gasteiger partial charge < -0.3 is 10.1 Å². The van der Waals surface area contributed by atoms with Gasteiger partial charge in [-0.1, -0.05) is 6.92 Å². The number of hydrogen-bond acceptors (Lipinski definition) is 5. The molecule has 0 aliphatic heterocycles. The lowest BCUT2D eigenvalue weighted by Crippen LogP contribution is -2.41. The number of carbonyl (C=O) groups is 3. The Balaban J connectivity index is 2.30. The molecule has 0 fully saturated rings. The van der Waals surface area contributed by atoms with E-state index in [4.69, 9.17) is 4.74 Å². The minimum Gasteiger partial charge on any atom is -0.452 e. The number of carbonyl (C=O) groups excluding carboxylic acids is 3. The van der Waals surface area contributed by atoms with Gasteiger partial charge in [0.1, 0.15) is 0 Å². The SMILES string of the molecule is CCCNC(=O)NC(=O)COC(=O)c1cccnc1. The van der Waals surface area contributed by atoms with E-state index in [1.165, 1.54) is 18.5 Å². The summed E-state index contributed by atoms with van der Waals surface area (Å²) >= 11 is 0. The Morgan fingerprint density at radius 3 is 2.79 bits per heavy atom. The summed E-state index contributed by atoms with van der Waals surface area (Å²) < 4.78 is 4.72. The Labute approximate surface area is 110 Å². The first-order valence-corrected chi connectivity index (χ1v) is 5.78. The van der Waals surface area contributed by atoms with Crippen LogP contribution in [0.15, 0.2) is 24.5 Å². The third kappa shape index (κ3) is 5.62. The number of aromatic nitrogens is 1. The fourth-order valence-corrected chi connectivity index (χ4v) is 1.14. The Bertz CT molecular complexity index is 448. The third-order valence-corrected chi connectivity index (χ3v) is 2.02. The van der Waals surface area contributed by atoms with Crippen molar-refractivity contribution >= 4 is 17.9 Å². The largest absolute Gasteiger partial charge is 0.452 e. The van der Waals surface area contributed by atoms with Crippen molar-refractivity contribution in [1.82, 2.24) is 15.6 Å². The second-order valence-electron chi connectivity index (χ2n) is 3.62. The van der Waals surface area contributed by atoms with Gasteiger partial charge in [0, 0.05) is 18.9 Å². The molecule has 0 aromatic carbocycles. The maximum atomic E-state index is 11.5. The summed E-state index contributed by atoms with van der Waals surface area (Å²) in [6.45, 7) is 1.83. The van der Waals surface area contributed by atoms with E-state index in [2.05, 4.69) is 10.3 Å². The highest BCUT2D eigenvalue weighted by Gasteiger charge is 2.11. The zero-order valence-electron chi connectivity index (χ0n) is 10.5. The molecule has 2 N–H and O–H groups in total. The highest BCUT2D eigenvalue weighted by Crippen LogP contribution is 1.98. The first-order valence-electron chi connectivity index (χ1n) is 5.78. The number of ether oxygens (including phenoxy) is 1. The molecule has 1 rings (SSSR count). The summed E-state index contributed by atoms with van der Waals surface area (Å²) in [7, 11) is 0. The summed E-state index contributed by atoms with van der Waals surface area (Å²) in [5, 5.41) is 4.50. The monoisotopic (exact) mass is 265 g/mol. The molecule has 0 bridgehead atoms. The number of hydrogen-bond donors (Lipinski definition) is 2. The van der Waals surface area contributed by atoms with Crippen LogP contribution in [-0.4, -0.2) is 36.0 Å². The van der Waals surface area contributed by atoms with E-state index in [-0.39, 0.29) is 5.56 Å². The molecule has 0 spiro atoms. The lowest BCUT2D eigenvalue weighted by Gasteiger charge is -2.06. The van der Waals surface area contributed by atoms with Crippen molar-refractivity contribution in [3.63, 3.8) is 0 Å². The van der Waals surface area contributed by atoms with Crippen molar-refractivity contribution in [2.75, 3.05) is 13.2 Å². The predicted molar refractivity (Wildman–Crippen MR) is 66.4 cm³/mol. The first-order chi connectivity index (χ1) is 9.13. The average Bonchev–Trinajstić information content (AvgIpc) is 2.43. The minimum atomic E-state index is -0.689. The second-order valence-corrected chi connectivity index (χ2v) is 3.62. The molecule has 1 aromatic heterocycles. The number of nitrogens with one attached hydrogen (secondary N) is 2. The molecule has 0 unspecified atom stereocenters. The Morgan fingerprint density at radius 2 is 2.16 bits per heavy atom. The molecule has 102 valence electrons. The molecule has 1 aromatic rings. The molecule has 19 heavy (non-hydrogen) atoms. The maximum Gasteiger partial charge on any atom is 0.340 e. The van der Waals surface area contributed by atoms with Crippen LogP contribution in [0, 0.1) is 0 Å². The van der Waals surface area contributed by atoms with Gasteiger partial charge in [0.25, 0.3) is 5.91 Å². The number of esters is 1. The number of amides is 3. The van der Waals surface area contributed by atoms with Gasteiger partial charge in [0.15, 0.2) is 6.61 Å². The Morgan fingerprint density at radius 1 is 1.37 bits per heavy atom. The third-order valence-electron chi connectivity index (χ3n) is 2.02. The lowest BCUT2D eigenvalue weighted by atomic mass is 10.3. The van der Waals surface area contributed by atoms with Crippen LogP contribution in [-0.2, 0) is 9.53 Å². The molecule has 0 saturated carbocycles. The molecule has 0 saturated heterocycles. The van der Waals surface area contributed by atoms with E-state index in [0.29, 0.717) is 6.54 Å². The van der Waals surface area contributed by atoms with Gasteiger partial charge in [-0.05, 0) is 18.6 Å². The number of imide groups is 1. The summed E-state index contributed by atoms with van der Waals surface area (Å²) in [5.41, 5.74) is 0.241. The molecular weight excluding hydrogens is 250 g/mol. The molecular formula is C12H15N3O4. The van der Waals surface area contributed by atoms with Gasteiger partial charge in [-0.25, -0.2) is 9.59 Å². The van der Waals surface area contributed by atoms with Gasteiger partial charge in [-0.3, -0.25) is 15.1 Å². The highest BCUT2D eigenvalue weighted by molar-refractivity contribution is 5.96. The van der Waals surface area contributed by atoms with Crippen molar-refractivity contribution in [3.8, 4) is 0 Å². The molecule has 0 aliphatic rings. The van der Waals surface area contributed by atoms with E-state index in [9.17, 15) is 14.4 Å². The normalized spacial score (nSPS) is 9.53. The van der Waals surface area contributed by atoms with Crippen molar-refractivity contribution < 1.29 is 19.1 Å². The Hall–Kier alpha value is -2.44. The molecule has 7 nitrogen and oxygen atoms in total. The van der Waals surface area contributed by atoms with Crippen LogP contribution in [0.5, 0.6) is 0 Å². The Kier molecular flexibility index (Phi) is 6.00. The number of pyridine rings is 1. The molecule has 0 radical (unpaired) electrons. The maximum absolute atomic E-state index is 11.5. The van der Waals surface area contributed by atoms with E-state index in [0.717, 1.165) is 6.42 Å². The van der Waals surface area contributed by atoms with E-state index in [1.807, 2.05) is 12.2 Å². The molecule has 0 atom stereocenters. The van der Waals surface area contributed by atoms with Gasteiger partial charge in [0.05, 0.1) is 5.56 Å². The van der Waals surface area contributed by atoms with Crippen LogP contribution in [0.4, 0.5) is 4.79 Å². The second kappa shape index (κ2) is 7.80. The number of urea groups is 1. The van der Waals surface area contributed by atoms with Crippen molar-refractivity contribution in [2.45, 2.75) is 13.3 Å². The van der Waals surface area contributed by atoms with Gasteiger partial charge in [0.2, 0.25) is 0 Å². The topological polar surface area (TPSA) is 97.4 Å². The molecule has 1 heterocycles. The highest BCUT2D eigenvalue weighted by atomic mass is 16.5. The van der Waals surface area contributed by atoms with Crippen LogP contribution in [0.25, 0.3) is 0 Å². The van der Waals surface area contributed by atoms with Gasteiger partial charge >= 0.3 is 12.0 Å². The van der Waals surface area contributed by atoms with Crippen molar-refractivity contribution in [2.24, 2.45) is 0 Å². The average molecular weight is 265 g/mol. The molecule has 3 amide bonds. The quantitative estimate of drug-likeness (QED) is 0.754. The summed E-state index contributed by atoms with van der Waals surface area (Å²) in [6, 6.07) is 2.49. The number of nitrogens with zero attached hydrogens (tertiary/aromatic N) is 1. The summed E-state index contributed by atoms with van der Waals surface area (Å²) in [4.78, 5) is 37.6. The van der Waals surface area contributed by atoms with E-state index >= 15 is 0 Å². The number of rotatable bonds is 5. The van der Waals surface area contributed by atoms with Crippen LogP contribution < -0.4 is 10.6 Å². The molecule has 0 aliphatic carbocycles. The summed E-state index contributed by atoms with van der Waals surface area (Å²) in [5.74, 6) is -1.36. The lowest BCUT2D eigenvalue weighted by molar-refractivity contribution is -0.123. The zero-order chi connectivity index (χ0) is 14.1. The molecule has 7 heteroatoms. The predicted octanol–water partition coefficient (Wildman–Crippen LogP) is 0.474. The fraction of sp³-hybridized carbons (Fsp3) is 0.333. The minimum absolute atomic E-state index is 0.241. The van der Waals surface area contributed by atoms with Crippen LogP contribution >= 0.6 is 0 Å². The van der Waals surface area contributed by atoms with Crippen molar-refractivity contribution in [3.05, 3.63) is 30.1 Å². The zero-order valence-corrected chi connectivity index (χ0v) is 10.5.